The van der Waals surface area contributed by atoms with Crippen molar-refractivity contribution in [3.8, 4) is 5.75 Å². The third kappa shape index (κ3) is 5.54. The Bertz CT molecular complexity index is 682. The van der Waals surface area contributed by atoms with Crippen molar-refractivity contribution in [3.63, 3.8) is 0 Å². The molecule has 3 amide bonds. The molecule has 0 spiro atoms. The Labute approximate surface area is 162 Å². The standard InChI is InChI=1S/C17H22ClN3O4S/c1-3-20(4-2)16(23)11-25-14-6-5-12(9-13(14)18)19-15(22)10-21-7-8-26-17(21)24/h5-6,9H,3-4,7-8,10-11H2,1-2H3,(H,19,22). The molecule has 0 aromatic heterocycles. The molecule has 1 heterocycles. The van der Waals surface area contributed by atoms with Crippen molar-refractivity contribution in [1.82, 2.24) is 9.80 Å². The minimum Gasteiger partial charge on any atom is -0.482 e. The molecule has 1 N–H and O–H groups in total. The SMILES string of the molecule is CCN(CC)C(=O)COc1ccc(NC(=O)CN2CCSC2=O)cc1Cl. The van der Waals surface area contributed by atoms with Crippen molar-refractivity contribution in [2.75, 3.05) is 43.9 Å². The van der Waals surface area contributed by atoms with Gasteiger partial charge in [0.2, 0.25) is 5.91 Å². The summed E-state index contributed by atoms with van der Waals surface area (Å²) in [5.41, 5.74) is 0.502. The molecule has 26 heavy (non-hydrogen) atoms. The normalized spacial score (nSPS) is 13.7. The van der Waals surface area contributed by atoms with Crippen molar-refractivity contribution < 1.29 is 19.1 Å². The summed E-state index contributed by atoms with van der Waals surface area (Å²) in [6.07, 6.45) is 0. The zero-order chi connectivity index (χ0) is 19.1. The predicted molar refractivity (Wildman–Crippen MR) is 103 cm³/mol. The molecule has 1 saturated heterocycles. The van der Waals surface area contributed by atoms with Crippen LogP contribution in [0.15, 0.2) is 18.2 Å². The highest BCUT2D eigenvalue weighted by Crippen LogP contribution is 2.28. The number of ether oxygens (including phenoxy) is 1. The third-order valence-electron chi connectivity index (χ3n) is 3.86. The summed E-state index contributed by atoms with van der Waals surface area (Å²) in [7, 11) is 0. The first-order chi connectivity index (χ1) is 12.4. The first kappa shape index (κ1) is 20.4. The average molecular weight is 400 g/mol. The molecule has 0 atom stereocenters. The lowest BCUT2D eigenvalue weighted by atomic mass is 10.3. The number of rotatable bonds is 8. The lowest BCUT2D eigenvalue weighted by Crippen LogP contribution is -2.34. The molecule has 0 unspecified atom stereocenters. The summed E-state index contributed by atoms with van der Waals surface area (Å²) in [5.74, 6) is 0.672. The Morgan fingerprint density at radius 1 is 1.35 bits per heavy atom. The number of nitrogens with one attached hydrogen (secondary N) is 1. The van der Waals surface area contributed by atoms with E-state index in [1.807, 2.05) is 13.8 Å². The van der Waals surface area contributed by atoms with E-state index in [4.69, 9.17) is 16.3 Å². The lowest BCUT2D eigenvalue weighted by molar-refractivity contribution is -0.133. The molecule has 1 aromatic carbocycles. The fraction of sp³-hybridized carbons (Fsp3) is 0.471. The van der Waals surface area contributed by atoms with Gasteiger partial charge in [0.25, 0.3) is 11.1 Å². The van der Waals surface area contributed by atoms with E-state index in [0.717, 1.165) is 0 Å². The van der Waals surface area contributed by atoms with Crippen molar-refractivity contribution in [2.45, 2.75) is 13.8 Å². The Balaban J connectivity index is 1.89. The van der Waals surface area contributed by atoms with Gasteiger partial charge in [-0.15, -0.1) is 0 Å². The first-order valence-corrected chi connectivity index (χ1v) is 9.72. The molecule has 1 aliphatic heterocycles. The Kier molecular flexibility index (Phi) is 7.59. The maximum atomic E-state index is 12.0. The van der Waals surface area contributed by atoms with Gasteiger partial charge in [0.15, 0.2) is 6.61 Å². The fourth-order valence-corrected chi connectivity index (χ4v) is 3.51. The Morgan fingerprint density at radius 2 is 2.08 bits per heavy atom. The number of nitrogens with zero attached hydrogens (tertiary/aromatic N) is 2. The molecule has 142 valence electrons. The van der Waals surface area contributed by atoms with Gasteiger partial charge < -0.3 is 19.9 Å². The van der Waals surface area contributed by atoms with Gasteiger partial charge in [0.1, 0.15) is 12.3 Å². The molecule has 1 fully saturated rings. The van der Waals surface area contributed by atoms with Crippen LogP contribution in [0.3, 0.4) is 0 Å². The third-order valence-corrected chi connectivity index (χ3v) is 5.05. The van der Waals surface area contributed by atoms with Gasteiger partial charge in [-0.2, -0.15) is 0 Å². The number of carbonyl (C=O) groups excluding carboxylic acids is 3. The van der Waals surface area contributed by atoms with E-state index in [0.29, 0.717) is 41.8 Å². The predicted octanol–water partition coefficient (Wildman–Crippen LogP) is 2.69. The van der Waals surface area contributed by atoms with E-state index in [9.17, 15) is 14.4 Å². The molecule has 7 nitrogen and oxygen atoms in total. The van der Waals surface area contributed by atoms with Crippen LogP contribution in [0.4, 0.5) is 10.5 Å². The highest BCUT2D eigenvalue weighted by Gasteiger charge is 2.23. The average Bonchev–Trinajstić information content (AvgIpc) is 3.00. The molecule has 1 aliphatic rings. The second-order valence-corrected chi connectivity index (χ2v) is 7.04. The first-order valence-electron chi connectivity index (χ1n) is 8.36. The smallest absolute Gasteiger partial charge is 0.282 e. The van der Waals surface area contributed by atoms with Crippen LogP contribution in [0.25, 0.3) is 0 Å². The van der Waals surface area contributed by atoms with Gasteiger partial charge in [-0.05, 0) is 32.0 Å². The zero-order valence-corrected chi connectivity index (χ0v) is 16.4. The molecule has 2 rings (SSSR count). The van der Waals surface area contributed by atoms with Crippen molar-refractivity contribution in [1.29, 1.82) is 0 Å². The number of halogens is 1. The number of thioether (sulfide) groups is 1. The summed E-state index contributed by atoms with van der Waals surface area (Å²) < 4.78 is 5.47. The van der Waals surface area contributed by atoms with Crippen molar-refractivity contribution in [2.24, 2.45) is 0 Å². The van der Waals surface area contributed by atoms with Crippen LogP contribution in [-0.4, -0.2) is 65.4 Å². The molecule has 0 radical (unpaired) electrons. The van der Waals surface area contributed by atoms with Crippen LogP contribution in [0.1, 0.15) is 13.8 Å². The fourth-order valence-electron chi connectivity index (χ4n) is 2.45. The number of carbonyl (C=O) groups is 3. The van der Waals surface area contributed by atoms with Crippen LogP contribution < -0.4 is 10.1 Å². The lowest BCUT2D eigenvalue weighted by Gasteiger charge is -2.19. The maximum Gasteiger partial charge on any atom is 0.282 e. The highest BCUT2D eigenvalue weighted by molar-refractivity contribution is 8.13. The number of hydrogen-bond donors (Lipinski definition) is 1. The molecular formula is C17H22ClN3O4S. The van der Waals surface area contributed by atoms with Gasteiger partial charge in [-0.1, -0.05) is 23.4 Å². The summed E-state index contributed by atoms with van der Waals surface area (Å²) in [6.45, 7) is 5.54. The molecule has 9 heteroatoms. The number of anilines is 1. The van der Waals surface area contributed by atoms with E-state index in [1.165, 1.54) is 16.7 Å². The number of amides is 3. The summed E-state index contributed by atoms with van der Waals surface area (Å²) >= 11 is 7.38. The van der Waals surface area contributed by atoms with Crippen LogP contribution in [0.5, 0.6) is 5.75 Å². The molecule has 0 aliphatic carbocycles. The summed E-state index contributed by atoms with van der Waals surface area (Å²) in [5, 5.41) is 2.91. The molecule has 0 bridgehead atoms. The van der Waals surface area contributed by atoms with Crippen molar-refractivity contribution >= 4 is 46.1 Å². The van der Waals surface area contributed by atoms with Crippen molar-refractivity contribution in [3.05, 3.63) is 23.2 Å². The van der Waals surface area contributed by atoms with E-state index < -0.39 is 0 Å². The van der Waals surface area contributed by atoms with Gasteiger partial charge in [0, 0.05) is 31.1 Å². The Hall–Kier alpha value is -1.93. The van der Waals surface area contributed by atoms with E-state index in [-0.39, 0.29) is 30.2 Å². The largest absolute Gasteiger partial charge is 0.482 e. The van der Waals surface area contributed by atoms with Crippen LogP contribution in [-0.2, 0) is 9.59 Å². The van der Waals surface area contributed by atoms with Crippen LogP contribution >= 0.6 is 23.4 Å². The minimum absolute atomic E-state index is 0.0140. The van der Waals surface area contributed by atoms with E-state index >= 15 is 0 Å². The molecule has 0 saturated carbocycles. The summed E-state index contributed by atoms with van der Waals surface area (Å²) in [6, 6.07) is 4.79. The maximum absolute atomic E-state index is 12.0. The highest BCUT2D eigenvalue weighted by atomic mass is 35.5. The molecule has 1 aromatic rings. The second kappa shape index (κ2) is 9.68. The summed E-state index contributed by atoms with van der Waals surface area (Å²) in [4.78, 5) is 38.7. The molecular weight excluding hydrogens is 378 g/mol. The zero-order valence-electron chi connectivity index (χ0n) is 14.8. The van der Waals surface area contributed by atoms with Crippen LogP contribution in [0, 0.1) is 0 Å². The van der Waals surface area contributed by atoms with E-state index in [1.54, 1.807) is 23.1 Å². The second-order valence-electron chi connectivity index (χ2n) is 5.58. The van der Waals surface area contributed by atoms with Gasteiger partial charge >= 0.3 is 0 Å². The topological polar surface area (TPSA) is 79.0 Å². The number of hydrogen-bond acceptors (Lipinski definition) is 5. The van der Waals surface area contributed by atoms with E-state index in [2.05, 4.69) is 5.32 Å². The monoisotopic (exact) mass is 399 g/mol. The quantitative estimate of drug-likeness (QED) is 0.727. The van der Waals surface area contributed by atoms with Gasteiger partial charge in [0.05, 0.1) is 5.02 Å². The van der Waals surface area contributed by atoms with Gasteiger partial charge in [-0.3, -0.25) is 14.4 Å². The van der Waals surface area contributed by atoms with Gasteiger partial charge in [-0.25, -0.2) is 0 Å². The van der Waals surface area contributed by atoms with Crippen LogP contribution in [0.2, 0.25) is 5.02 Å². The minimum atomic E-state index is -0.290. The Morgan fingerprint density at radius 3 is 2.65 bits per heavy atom. The number of benzene rings is 1. The number of likely N-dealkylation sites (N-methyl/N-ethyl adjacent to an activating group) is 1.